The first-order valence-electron chi connectivity index (χ1n) is 8.75. The molecule has 1 aromatic carbocycles. The Morgan fingerprint density at radius 1 is 1.15 bits per heavy atom. The van der Waals surface area contributed by atoms with Crippen molar-refractivity contribution in [3.05, 3.63) is 35.4 Å². The number of hydrogen-bond acceptors (Lipinski definition) is 4. The van der Waals surface area contributed by atoms with Crippen LogP contribution in [0.4, 0.5) is 9.59 Å². The smallest absolute Gasteiger partial charge is 0.325 e. The van der Waals surface area contributed by atoms with E-state index >= 15 is 0 Å². The molecule has 27 heavy (non-hydrogen) atoms. The van der Waals surface area contributed by atoms with Gasteiger partial charge in [0.2, 0.25) is 5.91 Å². The zero-order valence-electron chi connectivity index (χ0n) is 16.3. The van der Waals surface area contributed by atoms with Crippen molar-refractivity contribution in [1.82, 2.24) is 20.9 Å². The predicted molar refractivity (Wildman–Crippen MR) is 100.0 cm³/mol. The normalized spacial score (nSPS) is 19.7. The van der Waals surface area contributed by atoms with E-state index in [-0.39, 0.29) is 18.4 Å². The van der Waals surface area contributed by atoms with E-state index < -0.39 is 29.4 Å². The number of hydrogen-bond donors (Lipinski definition) is 3. The van der Waals surface area contributed by atoms with Gasteiger partial charge in [-0.05, 0) is 23.5 Å². The zero-order valence-corrected chi connectivity index (χ0v) is 16.3. The Labute approximate surface area is 158 Å². The fraction of sp³-hybridized carbons (Fsp3) is 0.474. The first-order chi connectivity index (χ1) is 12.5. The first-order valence-corrected chi connectivity index (χ1v) is 8.75. The van der Waals surface area contributed by atoms with Crippen molar-refractivity contribution in [2.45, 2.75) is 45.1 Å². The lowest BCUT2D eigenvalue weighted by atomic mass is 9.84. The van der Waals surface area contributed by atoms with Gasteiger partial charge in [-0.25, -0.2) is 9.59 Å². The number of benzene rings is 1. The number of amides is 6. The molecule has 0 spiro atoms. The molecule has 0 aliphatic carbocycles. The van der Waals surface area contributed by atoms with Crippen LogP contribution in [0.5, 0.6) is 0 Å². The summed E-state index contributed by atoms with van der Waals surface area (Å²) in [5.41, 5.74) is 0.581. The van der Waals surface area contributed by atoms with Crippen molar-refractivity contribution in [1.29, 1.82) is 0 Å². The molecule has 146 valence electrons. The highest BCUT2D eigenvalue weighted by Gasteiger charge is 2.48. The van der Waals surface area contributed by atoms with Crippen LogP contribution in [-0.2, 0) is 20.5 Å². The summed E-state index contributed by atoms with van der Waals surface area (Å²) in [5.74, 6) is -0.998. The van der Waals surface area contributed by atoms with Crippen LogP contribution in [0.15, 0.2) is 24.3 Å². The summed E-state index contributed by atoms with van der Waals surface area (Å²) in [6.45, 7) is 7.82. The Kier molecular flexibility index (Phi) is 5.58. The molecule has 1 atom stereocenters. The minimum atomic E-state index is -1.19. The van der Waals surface area contributed by atoms with Crippen LogP contribution in [0.25, 0.3) is 0 Å². The summed E-state index contributed by atoms with van der Waals surface area (Å²) in [5, 5.41) is 7.06. The van der Waals surface area contributed by atoms with E-state index in [4.69, 9.17) is 0 Å². The highest BCUT2D eigenvalue weighted by Crippen LogP contribution is 2.31. The Hall–Kier alpha value is -2.90. The average molecular weight is 374 g/mol. The molecule has 1 aliphatic rings. The van der Waals surface area contributed by atoms with Gasteiger partial charge in [0.1, 0.15) is 5.54 Å². The van der Waals surface area contributed by atoms with Gasteiger partial charge in [-0.15, -0.1) is 0 Å². The second-order valence-corrected chi connectivity index (χ2v) is 7.72. The van der Waals surface area contributed by atoms with Crippen LogP contribution >= 0.6 is 0 Å². The molecular weight excluding hydrogens is 348 g/mol. The van der Waals surface area contributed by atoms with Gasteiger partial charge >= 0.3 is 12.1 Å². The minimum Gasteiger partial charge on any atom is -0.341 e. The predicted octanol–water partition coefficient (Wildman–Crippen LogP) is 1.60. The standard InChI is InChI=1S/C19H26N4O4/c1-18(2,3)12-6-8-13(9-7-12)19(4)15(25)23(17(27)22-19)11-10-14(24)21-16(26)20-5/h6-9H,10-11H2,1-5H3,(H,22,27)(H2,20,21,24,26)/t19-/m1/s1. The average Bonchev–Trinajstić information content (AvgIpc) is 2.82. The topological polar surface area (TPSA) is 108 Å². The molecule has 0 saturated carbocycles. The van der Waals surface area contributed by atoms with Crippen LogP contribution in [0.3, 0.4) is 0 Å². The van der Waals surface area contributed by atoms with Gasteiger partial charge in [-0.3, -0.25) is 19.8 Å². The van der Waals surface area contributed by atoms with E-state index in [1.165, 1.54) is 7.05 Å². The Morgan fingerprint density at radius 3 is 2.26 bits per heavy atom. The molecule has 1 aliphatic heterocycles. The largest absolute Gasteiger partial charge is 0.341 e. The maximum Gasteiger partial charge on any atom is 0.325 e. The number of nitrogens with zero attached hydrogens (tertiary/aromatic N) is 1. The van der Waals surface area contributed by atoms with Crippen molar-refractivity contribution in [2.24, 2.45) is 0 Å². The summed E-state index contributed by atoms with van der Waals surface area (Å²) >= 11 is 0. The molecule has 0 unspecified atom stereocenters. The van der Waals surface area contributed by atoms with Crippen LogP contribution in [0, 0.1) is 0 Å². The molecule has 8 nitrogen and oxygen atoms in total. The zero-order chi connectivity index (χ0) is 20.4. The first kappa shape index (κ1) is 20.4. The number of carbonyl (C=O) groups is 4. The van der Waals surface area contributed by atoms with E-state index in [9.17, 15) is 19.2 Å². The molecule has 0 bridgehead atoms. The molecule has 1 heterocycles. The van der Waals surface area contributed by atoms with E-state index in [0.29, 0.717) is 5.56 Å². The van der Waals surface area contributed by atoms with Crippen LogP contribution < -0.4 is 16.0 Å². The van der Waals surface area contributed by atoms with Gasteiger partial charge in [0.25, 0.3) is 5.91 Å². The van der Waals surface area contributed by atoms with Crippen LogP contribution in [0.2, 0.25) is 0 Å². The fourth-order valence-corrected chi connectivity index (χ4v) is 2.86. The number of nitrogens with one attached hydrogen (secondary N) is 3. The second kappa shape index (κ2) is 7.38. The van der Waals surface area contributed by atoms with Gasteiger partial charge in [-0.2, -0.15) is 0 Å². The maximum atomic E-state index is 12.8. The molecule has 1 saturated heterocycles. The monoisotopic (exact) mass is 374 g/mol. The Balaban J connectivity index is 2.12. The van der Waals surface area contributed by atoms with E-state index in [2.05, 4.69) is 36.7 Å². The van der Waals surface area contributed by atoms with Crippen molar-refractivity contribution in [3.8, 4) is 0 Å². The highest BCUT2D eigenvalue weighted by atomic mass is 16.2. The quantitative estimate of drug-likeness (QED) is 0.696. The third-order valence-corrected chi connectivity index (χ3v) is 4.65. The van der Waals surface area contributed by atoms with Gasteiger partial charge in [-0.1, -0.05) is 45.0 Å². The van der Waals surface area contributed by atoms with Crippen molar-refractivity contribution in [2.75, 3.05) is 13.6 Å². The molecule has 3 N–H and O–H groups in total. The lowest BCUT2D eigenvalue weighted by molar-refractivity contribution is -0.131. The molecule has 1 fully saturated rings. The molecular formula is C19H26N4O4. The molecule has 1 aromatic rings. The third-order valence-electron chi connectivity index (χ3n) is 4.65. The summed E-state index contributed by atoms with van der Waals surface area (Å²) in [7, 11) is 1.39. The molecule has 0 aromatic heterocycles. The van der Waals surface area contributed by atoms with Crippen molar-refractivity contribution >= 4 is 23.9 Å². The number of urea groups is 2. The molecule has 0 radical (unpaired) electrons. The summed E-state index contributed by atoms with van der Waals surface area (Å²) in [6.07, 6.45) is -0.161. The lowest BCUT2D eigenvalue weighted by Crippen LogP contribution is -2.42. The van der Waals surface area contributed by atoms with Crippen molar-refractivity contribution < 1.29 is 19.2 Å². The lowest BCUT2D eigenvalue weighted by Gasteiger charge is -2.24. The van der Waals surface area contributed by atoms with Gasteiger partial charge in [0.05, 0.1) is 0 Å². The van der Waals surface area contributed by atoms with E-state index in [1.807, 2.05) is 24.3 Å². The molecule has 6 amide bonds. The summed E-state index contributed by atoms with van der Waals surface area (Å²) in [6, 6.07) is 6.36. The SMILES string of the molecule is CNC(=O)NC(=O)CCN1C(=O)N[C@](C)(c2ccc(C(C)(C)C)cc2)C1=O. The summed E-state index contributed by atoms with van der Waals surface area (Å²) < 4.78 is 0. The second-order valence-electron chi connectivity index (χ2n) is 7.72. The van der Waals surface area contributed by atoms with E-state index in [1.54, 1.807) is 6.92 Å². The summed E-state index contributed by atoms with van der Waals surface area (Å²) in [4.78, 5) is 49.0. The van der Waals surface area contributed by atoms with Crippen LogP contribution in [-0.4, -0.2) is 42.4 Å². The molecule has 2 rings (SSSR count). The van der Waals surface area contributed by atoms with Gasteiger partial charge in [0.15, 0.2) is 0 Å². The van der Waals surface area contributed by atoms with Crippen molar-refractivity contribution in [3.63, 3.8) is 0 Å². The van der Waals surface area contributed by atoms with Crippen LogP contribution in [0.1, 0.15) is 45.2 Å². The maximum absolute atomic E-state index is 12.8. The molecule has 8 heteroatoms. The van der Waals surface area contributed by atoms with Gasteiger partial charge in [0, 0.05) is 20.0 Å². The Bertz CT molecular complexity index is 767. The number of rotatable bonds is 4. The van der Waals surface area contributed by atoms with Gasteiger partial charge < -0.3 is 10.6 Å². The number of imide groups is 2. The number of carbonyl (C=O) groups excluding carboxylic acids is 4. The van der Waals surface area contributed by atoms with E-state index in [0.717, 1.165) is 10.5 Å². The third kappa shape index (κ3) is 4.27. The minimum absolute atomic E-state index is 0.0213. The highest BCUT2D eigenvalue weighted by molar-refractivity contribution is 6.07. The fourth-order valence-electron chi connectivity index (χ4n) is 2.86. The Morgan fingerprint density at radius 2 is 1.74 bits per heavy atom.